The van der Waals surface area contributed by atoms with Gasteiger partial charge in [0, 0.05) is 43.9 Å². The lowest BCUT2D eigenvalue weighted by atomic mass is 10.1. The third-order valence-electron chi connectivity index (χ3n) is 5.80. The van der Waals surface area contributed by atoms with Crippen LogP contribution in [0.25, 0.3) is 0 Å². The second-order valence-corrected chi connectivity index (χ2v) is 8.88. The van der Waals surface area contributed by atoms with Crippen molar-refractivity contribution in [3.05, 3.63) is 51.7 Å². The number of nitrogens with one attached hydrogen (secondary N) is 1. The zero-order valence-corrected chi connectivity index (χ0v) is 17.9. The molecule has 2 aliphatic rings. The van der Waals surface area contributed by atoms with E-state index in [2.05, 4.69) is 16.8 Å². The van der Waals surface area contributed by atoms with Crippen molar-refractivity contribution in [3.63, 3.8) is 0 Å². The molecule has 1 fully saturated rings. The van der Waals surface area contributed by atoms with Crippen LogP contribution in [-0.4, -0.2) is 47.2 Å². The van der Waals surface area contributed by atoms with Gasteiger partial charge in [0.25, 0.3) is 5.91 Å². The second-order valence-electron chi connectivity index (χ2n) is 7.88. The fraction of sp³-hybridized carbons (Fsp3) is 0.435. The summed E-state index contributed by atoms with van der Waals surface area (Å²) in [6, 6.07) is 9.19. The van der Waals surface area contributed by atoms with Crippen LogP contribution in [0.2, 0.25) is 0 Å². The van der Waals surface area contributed by atoms with E-state index >= 15 is 0 Å². The smallest absolute Gasteiger partial charge is 0.255 e. The van der Waals surface area contributed by atoms with Crippen LogP contribution in [0, 0.1) is 0 Å². The van der Waals surface area contributed by atoms with E-state index in [1.165, 1.54) is 10.4 Å². The Hall–Kier alpha value is -2.67. The molecule has 6 nitrogen and oxygen atoms in total. The molecule has 158 valence electrons. The minimum atomic E-state index is -0.240. The molecule has 4 rings (SSSR count). The van der Waals surface area contributed by atoms with Gasteiger partial charge in [-0.05, 0) is 54.8 Å². The predicted octanol–water partition coefficient (Wildman–Crippen LogP) is 3.68. The van der Waals surface area contributed by atoms with E-state index < -0.39 is 0 Å². The zero-order chi connectivity index (χ0) is 20.9. The number of anilines is 1. The number of para-hydroxylation sites is 1. The van der Waals surface area contributed by atoms with Crippen LogP contribution in [0.1, 0.15) is 52.9 Å². The lowest BCUT2D eigenvalue weighted by Gasteiger charge is -2.27. The number of amides is 3. The highest BCUT2D eigenvalue weighted by Gasteiger charge is 2.23. The van der Waals surface area contributed by atoms with Gasteiger partial charge in [0.2, 0.25) is 11.8 Å². The maximum atomic E-state index is 12.9. The molecule has 0 aliphatic carbocycles. The minimum Gasteiger partial charge on any atom is -0.339 e. The minimum absolute atomic E-state index is 0.000298. The molecule has 3 amide bonds. The summed E-state index contributed by atoms with van der Waals surface area (Å²) in [6.45, 7) is 2.86. The van der Waals surface area contributed by atoms with Crippen molar-refractivity contribution in [2.75, 3.05) is 25.0 Å². The molecular weight excluding hydrogens is 398 g/mol. The number of thiophene rings is 1. The Kier molecular flexibility index (Phi) is 6.47. The van der Waals surface area contributed by atoms with Crippen LogP contribution in [0.15, 0.2) is 35.7 Å². The summed E-state index contributed by atoms with van der Waals surface area (Å²) in [7, 11) is 0. The molecule has 0 atom stereocenters. The molecule has 0 saturated carbocycles. The topological polar surface area (TPSA) is 69.7 Å². The van der Waals surface area contributed by atoms with Crippen LogP contribution in [-0.2, 0) is 22.6 Å². The summed E-state index contributed by atoms with van der Waals surface area (Å²) in [5, 5.41) is 4.91. The largest absolute Gasteiger partial charge is 0.339 e. The van der Waals surface area contributed by atoms with E-state index in [-0.39, 0.29) is 30.6 Å². The van der Waals surface area contributed by atoms with Crippen LogP contribution in [0.4, 0.5) is 5.69 Å². The molecule has 0 spiro atoms. The Bertz CT molecular complexity index is 933. The fourth-order valence-corrected chi connectivity index (χ4v) is 4.99. The zero-order valence-electron chi connectivity index (χ0n) is 17.1. The van der Waals surface area contributed by atoms with Gasteiger partial charge in [-0.15, -0.1) is 11.3 Å². The number of carbonyl (C=O) groups is 3. The number of piperidine rings is 1. The van der Waals surface area contributed by atoms with E-state index in [4.69, 9.17) is 0 Å². The third kappa shape index (κ3) is 4.73. The van der Waals surface area contributed by atoms with E-state index in [0.717, 1.165) is 38.8 Å². The van der Waals surface area contributed by atoms with Crippen LogP contribution >= 0.6 is 11.3 Å². The van der Waals surface area contributed by atoms with E-state index in [1.807, 2.05) is 15.9 Å². The SMILES string of the molecule is O=C(CCC(=O)N1CCc2sccc2C1)Nc1ccccc1C(=O)N1CCCCC1. The summed E-state index contributed by atoms with van der Waals surface area (Å²) >= 11 is 1.74. The fourth-order valence-electron chi connectivity index (χ4n) is 4.10. The second kappa shape index (κ2) is 9.43. The number of carbonyl (C=O) groups excluding carboxylic acids is 3. The number of benzene rings is 1. The summed E-state index contributed by atoms with van der Waals surface area (Å²) in [6.07, 6.45) is 4.36. The Morgan fingerprint density at radius 1 is 0.933 bits per heavy atom. The van der Waals surface area contributed by atoms with Gasteiger partial charge < -0.3 is 15.1 Å². The highest BCUT2D eigenvalue weighted by molar-refractivity contribution is 7.10. The van der Waals surface area contributed by atoms with Crippen molar-refractivity contribution in [1.29, 1.82) is 0 Å². The first-order valence-corrected chi connectivity index (χ1v) is 11.5. The first kappa shape index (κ1) is 20.6. The molecule has 0 unspecified atom stereocenters. The first-order valence-electron chi connectivity index (χ1n) is 10.6. The predicted molar refractivity (Wildman–Crippen MR) is 118 cm³/mol. The lowest BCUT2D eigenvalue weighted by Crippen LogP contribution is -2.36. The standard InChI is InChI=1S/C23H27N3O3S/c27-21(8-9-22(28)26-14-10-20-17(16-26)11-15-30-20)24-19-7-3-2-6-18(19)23(29)25-12-4-1-5-13-25/h2-3,6-7,11,15H,1,4-5,8-10,12-14,16H2,(H,24,27). The molecule has 1 N–H and O–H groups in total. The van der Waals surface area contributed by atoms with Gasteiger partial charge in [-0.25, -0.2) is 0 Å². The Morgan fingerprint density at radius 2 is 1.73 bits per heavy atom. The quantitative estimate of drug-likeness (QED) is 0.795. The monoisotopic (exact) mass is 425 g/mol. The molecule has 30 heavy (non-hydrogen) atoms. The third-order valence-corrected chi connectivity index (χ3v) is 6.82. The number of fused-ring (bicyclic) bond motifs is 1. The first-order chi connectivity index (χ1) is 14.6. The molecule has 1 saturated heterocycles. The molecule has 2 aliphatic heterocycles. The molecule has 1 aromatic carbocycles. The number of rotatable bonds is 5. The Balaban J connectivity index is 1.32. The van der Waals surface area contributed by atoms with Crippen molar-refractivity contribution in [2.24, 2.45) is 0 Å². The van der Waals surface area contributed by atoms with E-state index in [0.29, 0.717) is 24.3 Å². The maximum Gasteiger partial charge on any atom is 0.255 e. The van der Waals surface area contributed by atoms with Crippen molar-refractivity contribution in [2.45, 2.75) is 45.1 Å². The van der Waals surface area contributed by atoms with Gasteiger partial charge in [-0.2, -0.15) is 0 Å². The Labute approximate surface area is 180 Å². The number of nitrogens with zero attached hydrogens (tertiary/aromatic N) is 2. The molecule has 0 radical (unpaired) electrons. The van der Waals surface area contributed by atoms with Crippen molar-refractivity contribution in [1.82, 2.24) is 9.80 Å². The van der Waals surface area contributed by atoms with E-state index in [1.54, 1.807) is 29.5 Å². The van der Waals surface area contributed by atoms with Crippen molar-refractivity contribution >= 4 is 34.7 Å². The van der Waals surface area contributed by atoms with E-state index in [9.17, 15) is 14.4 Å². The number of likely N-dealkylation sites (tertiary alicyclic amines) is 1. The normalized spacial score (nSPS) is 16.1. The van der Waals surface area contributed by atoms with Gasteiger partial charge in [-0.1, -0.05) is 12.1 Å². The number of hydrogen-bond acceptors (Lipinski definition) is 4. The highest BCUT2D eigenvalue weighted by atomic mass is 32.1. The van der Waals surface area contributed by atoms with Gasteiger partial charge in [0.1, 0.15) is 0 Å². The molecule has 0 bridgehead atoms. The summed E-state index contributed by atoms with van der Waals surface area (Å²) in [5.74, 6) is -0.281. The van der Waals surface area contributed by atoms with Crippen LogP contribution in [0.5, 0.6) is 0 Å². The molecular formula is C23H27N3O3S. The van der Waals surface area contributed by atoms with Gasteiger partial charge in [0.15, 0.2) is 0 Å². The molecule has 3 heterocycles. The average molecular weight is 426 g/mol. The molecule has 7 heteroatoms. The highest BCUT2D eigenvalue weighted by Crippen LogP contribution is 2.25. The summed E-state index contributed by atoms with van der Waals surface area (Å²) in [5.41, 5.74) is 2.25. The van der Waals surface area contributed by atoms with Crippen LogP contribution < -0.4 is 5.32 Å². The summed E-state index contributed by atoms with van der Waals surface area (Å²) in [4.78, 5) is 43.0. The van der Waals surface area contributed by atoms with Crippen LogP contribution in [0.3, 0.4) is 0 Å². The van der Waals surface area contributed by atoms with Gasteiger partial charge in [-0.3, -0.25) is 14.4 Å². The van der Waals surface area contributed by atoms with Crippen molar-refractivity contribution < 1.29 is 14.4 Å². The number of hydrogen-bond donors (Lipinski definition) is 1. The molecule has 2 aromatic rings. The molecule has 1 aromatic heterocycles. The van der Waals surface area contributed by atoms with Gasteiger partial charge in [0.05, 0.1) is 11.3 Å². The maximum absolute atomic E-state index is 12.9. The van der Waals surface area contributed by atoms with Crippen molar-refractivity contribution in [3.8, 4) is 0 Å². The lowest BCUT2D eigenvalue weighted by molar-refractivity contribution is -0.133. The Morgan fingerprint density at radius 3 is 2.57 bits per heavy atom. The summed E-state index contributed by atoms with van der Waals surface area (Å²) < 4.78 is 0. The van der Waals surface area contributed by atoms with Gasteiger partial charge >= 0.3 is 0 Å². The average Bonchev–Trinajstić information content (AvgIpc) is 3.26.